The Kier molecular flexibility index (Phi) is 4.30. The highest BCUT2D eigenvalue weighted by Gasteiger charge is 2.02. The summed E-state index contributed by atoms with van der Waals surface area (Å²) in [5.41, 5.74) is 2.27. The molecule has 0 radical (unpaired) electrons. The highest BCUT2D eigenvalue weighted by molar-refractivity contribution is 5.59. The molecule has 0 saturated carbocycles. The average Bonchev–Trinajstić information content (AvgIpc) is 2.44. The molecular formula is C15H15N5. The average molecular weight is 265 g/mol. The van der Waals surface area contributed by atoms with E-state index in [4.69, 9.17) is 5.26 Å². The fourth-order valence-electron chi connectivity index (χ4n) is 1.69. The number of aromatic nitrogens is 2. The van der Waals surface area contributed by atoms with Crippen molar-refractivity contribution < 1.29 is 0 Å². The summed E-state index contributed by atoms with van der Waals surface area (Å²) in [4.78, 5) is 8.64. The van der Waals surface area contributed by atoms with E-state index >= 15 is 0 Å². The van der Waals surface area contributed by atoms with E-state index in [1.165, 1.54) is 0 Å². The van der Waals surface area contributed by atoms with Crippen LogP contribution in [0.3, 0.4) is 0 Å². The quantitative estimate of drug-likeness (QED) is 0.813. The van der Waals surface area contributed by atoms with E-state index < -0.39 is 0 Å². The van der Waals surface area contributed by atoms with Gasteiger partial charge in [-0.05, 0) is 25.1 Å². The molecule has 1 heterocycles. The molecule has 5 heteroatoms. The van der Waals surface area contributed by atoms with Crippen molar-refractivity contribution in [2.45, 2.75) is 6.92 Å². The molecule has 100 valence electrons. The topological polar surface area (TPSA) is 73.6 Å². The van der Waals surface area contributed by atoms with Crippen LogP contribution in [0.1, 0.15) is 11.3 Å². The molecule has 1 aromatic heterocycles. The second-order valence-electron chi connectivity index (χ2n) is 4.21. The predicted molar refractivity (Wildman–Crippen MR) is 79.9 cm³/mol. The summed E-state index contributed by atoms with van der Waals surface area (Å²) >= 11 is 0. The van der Waals surface area contributed by atoms with Gasteiger partial charge in [0.1, 0.15) is 5.82 Å². The fourth-order valence-corrected chi connectivity index (χ4v) is 1.69. The molecule has 0 aliphatic carbocycles. The number of aryl methyl sites for hydroxylation is 1. The van der Waals surface area contributed by atoms with Crippen LogP contribution < -0.4 is 10.6 Å². The number of nitriles is 1. The molecule has 2 aromatic rings. The summed E-state index contributed by atoms with van der Waals surface area (Å²) in [5, 5.41) is 15.1. The second kappa shape index (κ2) is 6.34. The Hall–Kier alpha value is -2.87. The zero-order valence-electron chi connectivity index (χ0n) is 11.2. The zero-order valence-corrected chi connectivity index (χ0v) is 11.2. The highest BCUT2D eigenvalue weighted by Crippen LogP contribution is 2.17. The van der Waals surface area contributed by atoms with Crippen molar-refractivity contribution in [2.75, 3.05) is 17.2 Å². The first-order chi connectivity index (χ1) is 9.71. The number of nitrogens with zero attached hydrogens (tertiary/aromatic N) is 3. The summed E-state index contributed by atoms with van der Waals surface area (Å²) < 4.78 is 0. The van der Waals surface area contributed by atoms with Gasteiger partial charge in [-0.1, -0.05) is 12.1 Å². The molecular weight excluding hydrogens is 250 g/mol. The Morgan fingerprint density at radius 2 is 2.20 bits per heavy atom. The molecule has 2 N–H and O–H groups in total. The van der Waals surface area contributed by atoms with Crippen LogP contribution in [-0.2, 0) is 0 Å². The van der Waals surface area contributed by atoms with Gasteiger partial charge in [0, 0.05) is 24.0 Å². The van der Waals surface area contributed by atoms with Gasteiger partial charge in [0.15, 0.2) is 0 Å². The van der Waals surface area contributed by atoms with E-state index in [1.807, 2.05) is 25.1 Å². The molecule has 0 aliphatic rings. The Labute approximate surface area is 118 Å². The Balaban J connectivity index is 2.21. The van der Waals surface area contributed by atoms with Crippen LogP contribution >= 0.6 is 0 Å². The molecule has 5 nitrogen and oxygen atoms in total. The van der Waals surface area contributed by atoms with E-state index in [0.29, 0.717) is 23.9 Å². The van der Waals surface area contributed by atoms with Crippen LogP contribution in [0, 0.1) is 18.3 Å². The largest absolute Gasteiger partial charge is 0.351 e. The number of benzene rings is 1. The van der Waals surface area contributed by atoms with Crippen LogP contribution in [0.25, 0.3) is 0 Å². The van der Waals surface area contributed by atoms with Crippen molar-refractivity contribution in [3.05, 3.63) is 54.2 Å². The van der Waals surface area contributed by atoms with Crippen molar-refractivity contribution in [3.63, 3.8) is 0 Å². The fraction of sp³-hybridized carbons (Fsp3) is 0.133. The highest BCUT2D eigenvalue weighted by atomic mass is 15.1. The maximum atomic E-state index is 8.89. The monoisotopic (exact) mass is 265 g/mol. The Morgan fingerprint density at radius 1 is 1.35 bits per heavy atom. The Morgan fingerprint density at radius 3 is 2.95 bits per heavy atom. The summed E-state index contributed by atoms with van der Waals surface area (Å²) in [6.45, 7) is 6.15. The second-order valence-corrected chi connectivity index (χ2v) is 4.21. The van der Waals surface area contributed by atoms with Crippen molar-refractivity contribution in [2.24, 2.45) is 0 Å². The van der Waals surface area contributed by atoms with Gasteiger partial charge in [-0.25, -0.2) is 4.98 Å². The van der Waals surface area contributed by atoms with Crippen LogP contribution in [0.5, 0.6) is 0 Å². The molecule has 0 unspecified atom stereocenters. The number of hydrogen-bond acceptors (Lipinski definition) is 5. The lowest BCUT2D eigenvalue weighted by Crippen LogP contribution is -2.05. The normalized spacial score (nSPS) is 9.60. The number of anilines is 3. The first-order valence-electron chi connectivity index (χ1n) is 6.19. The van der Waals surface area contributed by atoms with Gasteiger partial charge in [0.2, 0.25) is 5.95 Å². The molecule has 0 fully saturated rings. The summed E-state index contributed by atoms with van der Waals surface area (Å²) in [6, 6.07) is 11.2. The van der Waals surface area contributed by atoms with Crippen LogP contribution in [0.15, 0.2) is 43.0 Å². The first-order valence-corrected chi connectivity index (χ1v) is 6.19. The van der Waals surface area contributed by atoms with Gasteiger partial charge in [0.05, 0.1) is 11.6 Å². The van der Waals surface area contributed by atoms with E-state index in [0.717, 1.165) is 11.4 Å². The van der Waals surface area contributed by atoms with Gasteiger partial charge in [-0.15, -0.1) is 6.58 Å². The lowest BCUT2D eigenvalue weighted by molar-refractivity contribution is 1.08. The first kappa shape index (κ1) is 13.6. The van der Waals surface area contributed by atoms with Gasteiger partial charge >= 0.3 is 0 Å². The summed E-state index contributed by atoms with van der Waals surface area (Å²) in [6.07, 6.45) is 1.75. The van der Waals surface area contributed by atoms with Crippen molar-refractivity contribution >= 4 is 17.5 Å². The van der Waals surface area contributed by atoms with E-state index in [2.05, 4.69) is 33.2 Å². The number of nitrogens with one attached hydrogen (secondary N) is 2. The molecule has 0 atom stereocenters. The minimum absolute atomic E-state index is 0.545. The third kappa shape index (κ3) is 3.56. The maximum absolute atomic E-state index is 8.89. The SMILES string of the molecule is C=CCNc1nc(C)cc(Nc2cccc(C#N)c2)n1. The van der Waals surface area contributed by atoms with Gasteiger partial charge in [-0.2, -0.15) is 10.2 Å². The lowest BCUT2D eigenvalue weighted by Gasteiger charge is -2.09. The van der Waals surface area contributed by atoms with E-state index in [9.17, 15) is 0 Å². The molecule has 1 aromatic carbocycles. The van der Waals surface area contributed by atoms with Crippen molar-refractivity contribution in [1.29, 1.82) is 5.26 Å². The third-order valence-electron chi connectivity index (χ3n) is 2.52. The minimum atomic E-state index is 0.545. The van der Waals surface area contributed by atoms with Crippen LogP contribution in [-0.4, -0.2) is 16.5 Å². The van der Waals surface area contributed by atoms with Gasteiger partial charge < -0.3 is 10.6 Å². The van der Waals surface area contributed by atoms with Gasteiger partial charge in [-0.3, -0.25) is 0 Å². The lowest BCUT2D eigenvalue weighted by atomic mass is 10.2. The van der Waals surface area contributed by atoms with Crippen LogP contribution in [0.2, 0.25) is 0 Å². The molecule has 20 heavy (non-hydrogen) atoms. The molecule has 2 rings (SSSR count). The molecule has 0 saturated heterocycles. The predicted octanol–water partition coefficient (Wildman–Crippen LogP) is 3.00. The minimum Gasteiger partial charge on any atom is -0.351 e. The molecule has 0 spiro atoms. The van der Waals surface area contributed by atoms with Crippen molar-refractivity contribution in [3.8, 4) is 6.07 Å². The molecule has 0 bridgehead atoms. The summed E-state index contributed by atoms with van der Waals surface area (Å²) in [5.74, 6) is 1.22. The molecule has 0 aliphatic heterocycles. The molecule has 0 amide bonds. The Bertz CT molecular complexity index is 658. The summed E-state index contributed by atoms with van der Waals surface area (Å²) in [7, 11) is 0. The number of hydrogen-bond donors (Lipinski definition) is 2. The van der Waals surface area contributed by atoms with Crippen LogP contribution in [0.4, 0.5) is 17.5 Å². The number of rotatable bonds is 5. The van der Waals surface area contributed by atoms with Crippen molar-refractivity contribution in [1.82, 2.24) is 9.97 Å². The van der Waals surface area contributed by atoms with E-state index in [-0.39, 0.29) is 0 Å². The standard InChI is InChI=1S/C15H15N5/c1-3-7-17-15-18-11(2)8-14(20-15)19-13-6-4-5-12(9-13)10-16/h3-6,8-9H,1,7H2,2H3,(H2,17,18,19,20). The maximum Gasteiger partial charge on any atom is 0.225 e. The van der Waals surface area contributed by atoms with Gasteiger partial charge in [0.25, 0.3) is 0 Å². The smallest absolute Gasteiger partial charge is 0.225 e. The zero-order chi connectivity index (χ0) is 14.4. The van der Waals surface area contributed by atoms with E-state index in [1.54, 1.807) is 18.2 Å². The third-order valence-corrected chi connectivity index (χ3v) is 2.52.